The van der Waals surface area contributed by atoms with E-state index in [9.17, 15) is 9.90 Å². The van der Waals surface area contributed by atoms with E-state index < -0.39 is 19.7 Å². The van der Waals surface area contributed by atoms with Gasteiger partial charge in [0.25, 0.3) is 8.32 Å². The fourth-order valence-electron chi connectivity index (χ4n) is 4.97. The fraction of sp³-hybridized carbons (Fsp3) is 0.250. The van der Waals surface area contributed by atoms with Gasteiger partial charge in [0.15, 0.2) is 0 Å². The van der Waals surface area contributed by atoms with Crippen LogP contribution < -0.4 is 10.4 Å². The van der Waals surface area contributed by atoms with Crippen molar-refractivity contribution in [3.8, 4) is 0 Å². The topological polar surface area (TPSA) is 46.5 Å². The number of carbonyl (C=O) groups is 1. The van der Waals surface area contributed by atoms with Crippen molar-refractivity contribution in [1.82, 2.24) is 0 Å². The summed E-state index contributed by atoms with van der Waals surface area (Å²) in [5.74, 6) is -0.876. The molecule has 0 radical (unpaired) electrons. The molecular formula is C28H30O3Si. The van der Waals surface area contributed by atoms with Gasteiger partial charge in [-0.25, -0.2) is 0 Å². The summed E-state index contributed by atoms with van der Waals surface area (Å²) in [4.78, 5) is 12.8. The van der Waals surface area contributed by atoms with Gasteiger partial charge in [-0.3, -0.25) is 4.79 Å². The lowest BCUT2D eigenvalue weighted by molar-refractivity contribution is -0.143. The van der Waals surface area contributed by atoms with E-state index in [-0.39, 0.29) is 11.6 Å². The quantitative estimate of drug-likeness (QED) is 0.445. The number of hydrogen-bond acceptors (Lipinski definition) is 2. The molecule has 1 aliphatic rings. The van der Waals surface area contributed by atoms with Gasteiger partial charge < -0.3 is 9.53 Å². The van der Waals surface area contributed by atoms with Gasteiger partial charge in [-0.2, -0.15) is 0 Å². The SMILES string of the molecule is CC(C)(C)[Si](OC[C@@]1(C(=O)O)C=CCc2ccccc21)(c1ccccc1)c1ccccc1. The number of fused-ring (bicyclic) bond motifs is 1. The van der Waals surface area contributed by atoms with Gasteiger partial charge in [0.2, 0.25) is 0 Å². The van der Waals surface area contributed by atoms with E-state index in [1.807, 2.05) is 72.8 Å². The van der Waals surface area contributed by atoms with E-state index >= 15 is 0 Å². The summed E-state index contributed by atoms with van der Waals surface area (Å²) in [6, 6.07) is 28.5. The van der Waals surface area contributed by atoms with Crippen LogP contribution in [0.3, 0.4) is 0 Å². The minimum atomic E-state index is -2.84. The lowest BCUT2D eigenvalue weighted by atomic mass is 9.75. The van der Waals surface area contributed by atoms with Gasteiger partial charge in [0.1, 0.15) is 5.41 Å². The zero-order chi connectivity index (χ0) is 22.8. The highest BCUT2D eigenvalue weighted by Crippen LogP contribution is 2.40. The second kappa shape index (κ2) is 8.53. The first-order chi connectivity index (χ1) is 15.3. The monoisotopic (exact) mass is 442 g/mol. The predicted molar refractivity (Wildman–Crippen MR) is 132 cm³/mol. The Morgan fingerprint density at radius 2 is 1.44 bits per heavy atom. The molecule has 0 amide bonds. The molecule has 0 heterocycles. The van der Waals surface area contributed by atoms with Crippen molar-refractivity contribution in [2.45, 2.75) is 37.6 Å². The van der Waals surface area contributed by atoms with Crippen molar-refractivity contribution in [1.29, 1.82) is 0 Å². The lowest BCUT2D eigenvalue weighted by Gasteiger charge is -2.45. The van der Waals surface area contributed by atoms with E-state index in [0.717, 1.165) is 27.9 Å². The molecule has 3 aromatic carbocycles. The van der Waals surface area contributed by atoms with Crippen LogP contribution in [0, 0.1) is 0 Å². The Morgan fingerprint density at radius 3 is 1.97 bits per heavy atom. The molecule has 0 saturated heterocycles. The van der Waals surface area contributed by atoms with Crippen LogP contribution in [-0.4, -0.2) is 26.0 Å². The van der Waals surface area contributed by atoms with E-state index in [0.29, 0.717) is 0 Å². The molecule has 1 atom stereocenters. The summed E-state index contributed by atoms with van der Waals surface area (Å²) in [6.45, 7) is 6.70. The first-order valence-corrected chi connectivity index (χ1v) is 13.0. The number of carboxylic acids is 1. The van der Waals surface area contributed by atoms with Crippen molar-refractivity contribution < 1.29 is 14.3 Å². The van der Waals surface area contributed by atoms with E-state index in [1.165, 1.54) is 0 Å². The molecule has 0 fully saturated rings. The number of allylic oxidation sites excluding steroid dienone is 1. The number of carboxylic acid groups (broad SMARTS) is 1. The van der Waals surface area contributed by atoms with E-state index in [4.69, 9.17) is 4.43 Å². The zero-order valence-corrected chi connectivity index (χ0v) is 19.9. The zero-order valence-electron chi connectivity index (χ0n) is 18.9. The smallest absolute Gasteiger partial charge is 0.320 e. The minimum Gasteiger partial charge on any atom is -0.480 e. The van der Waals surface area contributed by atoms with Crippen molar-refractivity contribution >= 4 is 24.7 Å². The van der Waals surface area contributed by atoms with Crippen LogP contribution in [0.1, 0.15) is 31.9 Å². The van der Waals surface area contributed by atoms with Gasteiger partial charge in [-0.05, 0) is 33.0 Å². The second-order valence-corrected chi connectivity index (χ2v) is 13.8. The summed E-state index contributed by atoms with van der Waals surface area (Å²) < 4.78 is 7.03. The average Bonchev–Trinajstić information content (AvgIpc) is 2.80. The van der Waals surface area contributed by atoms with Crippen molar-refractivity contribution in [3.05, 3.63) is 108 Å². The Kier molecular flexibility index (Phi) is 5.93. The van der Waals surface area contributed by atoms with Crippen LogP contribution >= 0.6 is 0 Å². The Hall–Kier alpha value is -2.95. The predicted octanol–water partition coefficient (Wildman–Crippen LogP) is 4.70. The van der Waals surface area contributed by atoms with Gasteiger partial charge in [0.05, 0.1) is 6.61 Å². The molecule has 4 heteroatoms. The molecule has 1 N–H and O–H groups in total. The summed E-state index contributed by atoms with van der Waals surface area (Å²) in [6.07, 6.45) is 4.53. The number of benzene rings is 3. The van der Waals surface area contributed by atoms with Gasteiger partial charge in [-0.15, -0.1) is 0 Å². The molecule has 0 saturated carbocycles. The summed E-state index contributed by atoms with van der Waals surface area (Å²) in [5.41, 5.74) is 0.665. The average molecular weight is 443 g/mol. The third kappa shape index (κ3) is 3.64. The summed E-state index contributed by atoms with van der Waals surface area (Å²) in [7, 11) is -2.84. The molecule has 3 nitrogen and oxygen atoms in total. The molecule has 32 heavy (non-hydrogen) atoms. The Morgan fingerprint density at radius 1 is 0.906 bits per heavy atom. The highest BCUT2D eigenvalue weighted by molar-refractivity contribution is 6.99. The third-order valence-corrected chi connectivity index (χ3v) is 11.5. The van der Waals surface area contributed by atoms with E-state index in [2.05, 4.69) is 45.0 Å². The molecule has 0 aliphatic heterocycles. The summed E-state index contributed by atoms with van der Waals surface area (Å²) in [5, 5.41) is 12.5. The largest absolute Gasteiger partial charge is 0.480 e. The number of hydrogen-bond donors (Lipinski definition) is 1. The highest BCUT2D eigenvalue weighted by Gasteiger charge is 2.52. The first kappa shape index (κ1) is 22.2. The molecule has 0 unspecified atom stereocenters. The van der Waals surface area contributed by atoms with Crippen LogP contribution in [0.2, 0.25) is 5.04 Å². The molecule has 0 aromatic heterocycles. The van der Waals surface area contributed by atoms with Crippen LogP contribution in [0.15, 0.2) is 97.1 Å². The molecule has 0 bridgehead atoms. The van der Waals surface area contributed by atoms with Crippen molar-refractivity contribution in [2.24, 2.45) is 0 Å². The van der Waals surface area contributed by atoms with Crippen LogP contribution in [0.5, 0.6) is 0 Å². The van der Waals surface area contributed by atoms with Gasteiger partial charge >= 0.3 is 5.97 Å². The maximum absolute atomic E-state index is 12.8. The van der Waals surface area contributed by atoms with Crippen molar-refractivity contribution in [3.63, 3.8) is 0 Å². The molecular weight excluding hydrogens is 412 g/mol. The number of aliphatic carboxylic acids is 1. The maximum Gasteiger partial charge on any atom is 0.320 e. The highest BCUT2D eigenvalue weighted by atomic mass is 28.4. The number of rotatable bonds is 6. The third-order valence-electron chi connectivity index (χ3n) is 6.55. The summed E-state index contributed by atoms with van der Waals surface area (Å²) >= 11 is 0. The normalized spacial score (nSPS) is 18.2. The Balaban J connectivity index is 1.88. The molecule has 1 aliphatic carbocycles. The van der Waals surface area contributed by atoms with Crippen LogP contribution in [0.4, 0.5) is 0 Å². The molecule has 4 rings (SSSR count). The fourth-order valence-corrected chi connectivity index (χ4v) is 9.57. The Bertz CT molecular complexity index is 1080. The lowest BCUT2D eigenvalue weighted by Crippen LogP contribution is -2.67. The maximum atomic E-state index is 12.8. The van der Waals surface area contributed by atoms with Crippen LogP contribution in [0.25, 0.3) is 0 Å². The van der Waals surface area contributed by atoms with Gasteiger partial charge in [-0.1, -0.05) is 118 Å². The van der Waals surface area contributed by atoms with E-state index in [1.54, 1.807) is 0 Å². The second-order valence-electron chi connectivity index (χ2n) is 9.49. The minimum absolute atomic E-state index is 0.0864. The van der Waals surface area contributed by atoms with Gasteiger partial charge in [0, 0.05) is 0 Å². The molecule has 164 valence electrons. The molecule has 0 spiro atoms. The standard InChI is InChI=1S/C28H30O3Si/c1-27(2,3)32(23-15-6-4-7-16-23,24-17-8-5-9-18-24)31-21-28(26(29)30)20-12-14-22-13-10-11-19-25(22)28/h4-13,15-20H,14,21H2,1-3H3,(H,29,30)/t28-/m0/s1. The first-order valence-electron chi connectivity index (χ1n) is 11.1. The molecule has 3 aromatic rings. The van der Waals surface area contributed by atoms with Crippen LogP contribution in [-0.2, 0) is 21.1 Å². The Labute approximate surface area is 191 Å². The van der Waals surface area contributed by atoms with Crippen molar-refractivity contribution in [2.75, 3.05) is 6.61 Å².